The first-order valence-electron chi connectivity index (χ1n) is 7.68. The normalized spacial score (nSPS) is 18.1. The van der Waals surface area contributed by atoms with Crippen LogP contribution in [0.15, 0.2) is 41.8 Å². The average Bonchev–Trinajstić information content (AvgIpc) is 3.11. The van der Waals surface area contributed by atoms with E-state index in [4.69, 9.17) is 4.74 Å². The molecule has 126 valence electrons. The number of carbonyl (C=O) groups excluding carboxylic acids is 2. The van der Waals surface area contributed by atoms with E-state index in [1.165, 1.54) is 11.3 Å². The molecule has 0 unspecified atom stereocenters. The maximum atomic E-state index is 12.2. The fourth-order valence-corrected chi connectivity index (χ4v) is 3.02. The van der Waals surface area contributed by atoms with Crippen LogP contribution >= 0.6 is 11.3 Å². The summed E-state index contributed by atoms with van der Waals surface area (Å²) in [6.07, 6.45) is -0.457. The molecule has 1 fully saturated rings. The van der Waals surface area contributed by atoms with E-state index in [-0.39, 0.29) is 11.8 Å². The molecular weight excluding hydrogens is 326 g/mol. The van der Waals surface area contributed by atoms with Gasteiger partial charge in [-0.1, -0.05) is 6.07 Å². The van der Waals surface area contributed by atoms with E-state index < -0.39 is 6.10 Å². The number of thiophene rings is 1. The Bertz CT molecular complexity index is 700. The molecule has 1 aromatic heterocycles. The molecule has 2 heterocycles. The van der Waals surface area contributed by atoms with E-state index in [9.17, 15) is 9.59 Å². The van der Waals surface area contributed by atoms with Crippen LogP contribution in [0.4, 0.5) is 11.4 Å². The standard InChI is InChI=1S/C17H19N3O3S/c1-20-8-9-23-14(11-20)16(21)18-12-4-6-13(7-5-12)19-17(22)15-3-2-10-24-15/h2-7,10,14H,8-9,11H2,1H3,(H,18,21)(H,19,22)/t14-/m0/s1. The molecule has 7 heteroatoms. The summed E-state index contributed by atoms with van der Waals surface area (Å²) in [6.45, 7) is 1.98. The molecule has 6 nitrogen and oxygen atoms in total. The van der Waals surface area contributed by atoms with Crippen molar-refractivity contribution in [3.63, 3.8) is 0 Å². The number of benzene rings is 1. The molecular formula is C17H19N3O3S. The molecule has 1 aliphatic rings. The first kappa shape index (κ1) is 16.6. The van der Waals surface area contributed by atoms with E-state index in [1.54, 1.807) is 30.3 Å². The maximum absolute atomic E-state index is 12.2. The third kappa shape index (κ3) is 4.19. The number of ether oxygens (including phenoxy) is 1. The summed E-state index contributed by atoms with van der Waals surface area (Å²) in [5.41, 5.74) is 1.35. The molecule has 0 saturated carbocycles. The minimum absolute atomic E-state index is 0.138. The Morgan fingerprint density at radius 3 is 2.50 bits per heavy atom. The highest BCUT2D eigenvalue weighted by Gasteiger charge is 2.24. The van der Waals surface area contributed by atoms with Gasteiger partial charge in [0.25, 0.3) is 11.8 Å². The minimum atomic E-state index is -0.457. The van der Waals surface area contributed by atoms with E-state index >= 15 is 0 Å². The lowest BCUT2D eigenvalue weighted by atomic mass is 10.2. The van der Waals surface area contributed by atoms with Crippen molar-refractivity contribution in [3.05, 3.63) is 46.7 Å². The predicted octanol–water partition coefficient (Wildman–Crippen LogP) is 2.27. The number of morpholine rings is 1. The summed E-state index contributed by atoms with van der Waals surface area (Å²) < 4.78 is 5.49. The van der Waals surface area contributed by atoms with Gasteiger partial charge in [0, 0.05) is 24.5 Å². The molecule has 1 aliphatic heterocycles. The van der Waals surface area contributed by atoms with Crippen molar-refractivity contribution in [1.29, 1.82) is 0 Å². The van der Waals surface area contributed by atoms with Crippen molar-refractivity contribution in [1.82, 2.24) is 4.90 Å². The van der Waals surface area contributed by atoms with Crippen molar-refractivity contribution in [2.45, 2.75) is 6.10 Å². The Labute approximate surface area is 144 Å². The smallest absolute Gasteiger partial charge is 0.265 e. The van der Waals surface area contributed by atoms with E-state index in [0.717, 1.165) is 6.54 Å². The summed E-state index contributed by atoms with van der Waals surface area (Å²) in [4.78, 5) is 26.9. The van der Waals surface area contributed by atoms with Gasteiger partial charge >= 0.3 is 0 Å². The van der Waals surface area contributed by atoms with Gasteiger partial charge < -0.3 is 20.3 Å². The Morgan fingerprint density at radius 1 is 1.17 bits per heavy atom. The van der Waals surface area contributed by atoms with Gasteiger partial charge in [-0.2, -0.15) is 0 Å². The largest absolute Gasteiger partial charge is 0.366 e. The number of hydrogen-bond donors (Lipinski definition) is 2. The summed E-state index contributed by atoms with van der Waals surface area (Å²) in [6, 6.07) is 10.6. The third-order valence-electron chi connectivity index (χ3n) is 3.72. The molecule has 0 aliphatic carbocycles. The minimum Gasteiger partial charge on any atom is -0.366 e. The molecule has 1 aromatic carbocycles. The number of amides is 2. The van der Waals surface area contributed by atoms with Gasteiger partial charge in [-0.3, -0.25) is 9.59 Å². The van der Waals surface area contributed by atoms with Gasteiger partial charge in [-0.05, 0) is 42.8 Å². The van der Waals surface area contributed by atoms with Crippen molar-refractivity contribution in [2.24, 2.45) is 0 Å². The predicted molar refractivity (Wildman–Crippen MR) is 94.6 cm³/mol. The molecule has 2 aromatic rings. The van der Waals surface area contributed by atoms with Crippen molar-refractivity contribution >= 4 is 34.5 Å². The number of rotatable bonds is 4. The number of hydrogen-bond acceptors (Lipinski definition) is 5. The number of anilines is 2. The van der Waals surface area contributed by atoms with Crippen LogP contribution in [0.5, 0.6) is 0 Å². The summed E-state index contributed by atoms with van der Waals surface area (Å²) in [5.74, 6) is -0.294. The molecule has 2 amide bonds. The summed E-state index contributed by atoms with van der Waals surface area (Å²) >= 11 is 1.39. The molecule has 2 N–H and O–H groups in total. The average molecular weight is 345 g/mol. The zero-order valence-electron chi connectivity index (χ0n) is 13.3. The van der Waals surface area contributed by atoms with Gasteiger partial charge in [0.05, 0.1) is 11.5 Å². The highest BCUT2D eigenvalue weighted by molar-refractivity contribution is 7.12. The van der Waals surface area contributed by atoms with Gasteiger partial charge in [0.1, 0.15) is 6.10 Å². The second-order valence-corrected chi connectivity index (χ2v) is 6.57. The van der Waals surface area contributed by atoms with Crippen LogP contribution < -0.4 is 10.6 Å². The Morgan fingerprint density at radius 2 is 1.88 bits per heavy atom. The zero-order chi connectivity index (χ0) is 16.9. The summed E-state index contributed by atoms with van der Waals surface area (Å²) in [7, 11) is 1.97. The number of nitrogens with zero attached hydrogens (tertiary/aromatic N) is 1. The van der Waals surface area contributed by atoms with Crippen molar-refractivity contribution < 1.29 is 14.3 Å². The highest BCUT2D eigenvalue weighted by atomic mass is 32.1. The quantitative estimate of drug-likeness (QED) is 0.892. The SMILES string of the molecule is CN1CCO[C@H](C(=O)Nc2ccc(NC(=O)c3cccs3)cc2)C1. The van der Waals surface area contributed by atoms with Gasteiger partial charge in [-0.25, -0.2) is 0 Å². The van der Waals surface area contributed by atoms with Gasteiger partial charge in [0.2, 0.25) is 0 Å². The second kappa shape index (κ2) is 7.57. The number of nitrogens with one attached hydrogen (secondary N) is 2. The fourth-order valence-electron chi connectivity index (χ4n) is 2.40. The lowest BCUT2D eigenvalue weighted by Crippen LogP contribution is -2.46. The molecule has 1 saturated heterocycles. The van der Waals surface area contributed by atoms with Crippen LogP contribution in [-0.2, 0) is 9.53 Å². The fraction of sp³-hybridized carbons (Fsp3) is 0.294. The van der Waals surface area contributed by atoms with E-state index in [0.29, 0.717) is 29.4 Å². The van der Waals surface area contributed by atoms with Crippen LogP contribution in [0.25, 0.3) is 0 Å². The lowest BCUT2D eigenvalue weighted by Gasteiger charge is -2.29. The maximum Gasteiger partial charge on any atom is 0.265 e. The Hall–Kier alpha value is -2.22. The first-order chi connectivity index (χ1) is 11.6. The second-order valence-electron chi connectivity index (χ2n) is 5.62. The Balaban J connectivity index is 1.56. The third-order valence-corrected chi connectivity index (χ3v) is 4.59. The van der Waals surface area contributed by atoms with Crippen LogP contribution in [0, 0.1) is 0 Å². The van der Waals surface area contributed by atoms with Crippen molar-refractivity contribution in [2.75, 3.05) is 37.4 Å². The number of likely N-dealkylation sites (N-methyl/N-ethyl adjacent to an activating group) is 1. The van der Waals surface area contributed by atoms with Gasteiger partial charge in [0.15, 0.2) is 0 Å². The molecule has 0 bridgehead atoms. The van der Waals surface area contributed by atoms with Crippen LogP contribution in [0.2, 0.25) is 0 Å². The zero-order valence-corrected chi connectivity index (χ0v) is 14.1. The molecule has 3 rings (SSSR count). The monoisotopic (exact) mass is 345 g/mol. The van der Waals surface area contributed by atoms with Crippen LogP contribution in [0.1, 0.15) is 9.67 Å². The topological polar surface area (TPSA) is 70.7 Å². The van der Waals surface area contributed by atoms with Gasteiger partial charge in [-0.15, -0.1) is 11.3 Å². The van der Waals surface area contributed by atoms with E-state index in [2.05, 4.69) is 15.5 Å². The Kier molecular flexibility index (Phi) is 5.24. The van der Waals surface area contributed by atoms with Crippen molar-refractivity contribution in [3.8, 4) is 0 Å². The molecule has 0 spiro atoms. The van der Waals surface area contributed by atoms with Crippen LogP contribution in [-0.4, -0.2) is 49.6 Å². The highest BCUT2D eigenvalue weighted by Crippen LogP contribution is 2.17. The molecule has 0 radical (unpaired) electrons. The first-order valence-corrected chi connectivity index (χ1v) is 8.56. The summed E-state index contributed by atoms with van der Waals surface area (Å²) in [5, 5.41) is 7.52. The molecule has 1 atom stereocenters. The lowest BCUT2D eigenvalue weighted by molar-refractivity contribution is -0.132. The number of carbonyl (C=O) groups is 2. The molecule has 24 heavy (non-hydrogen) atoms. The van der Waals surface area contributed by atoms with E-state index in [1.807, 2.05) is 18.5 Å². The van der Waals surface area contributed by atoms with Crippen LogP contribution in [0.3, 0.4) is 0 Å².